The molecule has 0 spiro atoms. The van der Waals surface area contributed by atoms with Gasteiger partial charge in [0, 0.05) is 12.1 Å². The predicted molar refractivity (Wildman–Crippen MR) is 91.8 cm³/mol. The zero-order chi connectivity index (χ0) is 19.9. The lowest BCUT2D eigenvalue weighted by molar-refractivity contribution is -0.140. The SMILES string of the molecule is O=C(c1ccc(F)c(C(F)(F)F)c1)N1CCCC1c1ccc2c(c1)OCCO2. The summed E-state index contributed by atoms with van der Waals surface area (Å²) in [6.45, 7) is 1.31. The molecule has 8 heteroatoms. The first-order valence-electron chi connectivity index (χ1n) is 8.92. The quantitative estimate of drug-likeness (QED) is 0.698. The van der Waals surface area contributed by atoms with Crippen LogP contribution in [0.5, 0.6) is 11.5 Å². The van der Waals surface area contributed by atoms with Crippen molar-refractivity contribution in [3.63, 3.8) is 0 Å². The number of rotatable bonds is 2. The molecule has 0 saturated carbocycles. The Bertz CT molecular complexity index is 913. The Morgan fingerprint density at radius 3 is 2.54 bits per heavy atom. The van der Waals surface area contributed by atoms with Crippen LogP contribution in [0.1, 0.15) is 40.4 Å². The molecule has 1 amide bonds. The third-order valence-corrected chi connectivity index (χ3v) is 4.98. The molecule has 2 aromatic carbocycles. The minimum absolute atomic E-state index is 0.182. The van der Waals surface area contributed by atoms with Crippen molar-refractivity contribution in [1.82, 2.24) is 4.90 Å². The second kappa shape index (κ2) is 7.00. The van der Waals surface area contributed by atoms with Gasteiger partial charge in [-0.15, -0.1) is 0 Å². The Kier molecular flexibility index (Phi) is 4.64. The molecule has 1 fully saturated rings. The topological polar surface area (TPSA) is 38.8 Å². The van der Waals surface area contributed by atoms with E-state index in [4.69, 9.17) is 9.47 Å². The van der Waals surface area contributed by atoms with E-state index in [1.165, 1.54) is 4.90 Å². The smallest absolute Gasteiger partial charge is 0.419 e. The van der Waals surface area contributed by atoms with Gasteiger partial charge in [0.1, 0.15) is 19.0 Å². The molecule has 1 saturated heterocycles. The molecule has 148 valence electrons. The number of benzene rings is 2. The molecule has 2 aliphatic rings. The number of fused-ring (bicyclic) bond motifs is 1. The van der Waals surface area contributed by atoms with Gasteiger partial charge in [-0.05, 0) is 48.7 Å². The van der Waals surface area contributed by atoms with Crippen molar-refractivity contribution in [1.29, 1.82) is 0 Å². The molecule has 4 nitrogen and oxygen atoms in total. The molecular weight excluding hydrogens is 378 g/mol. The molecule has 2 heterocycles. The van der Waals surface area contributed by atoms with Gasteiger partial charge in [0.25, 0.3) is 5.91 Å². The first-order valence-corrected chi connectivity index (χ1v) is 8.92. The van der Waals surface area contributed by atoms with E-state index in [2.05, 4.69) is 0 Å². The summed E-state index contributed by atoms with van der Waals surface area (Å²) in [5.74, 6) is -0.736. The van der Waals surface area contributed by atoms with Crippen LogP contribution >= 0.6 is 0 Å². The number of halogens is 4. The standard InChI is InChI=1S/C20H17F4NO3/c21-15-5-3-13(10-14(15)20(22,23)24)19(26)25-7-1-2-16(25)12-4-6-17-18(11-12)28-9-8-27-17/h3-6,10-11,16H,1-2,7-9H2. The van der Waals surface area contributed by atoms with E-state index in [-0.39, 0.29) is 11.6 Å². The average Bonchev–Trinajstić information content (AvgIpc) is 3.16. The fourth-order valence-electron chi connectivity index (χ4n) is 3.66. The van der Waals surface area contributed by atoms with Crippen LogP contribution in [0.15, 0.2) is 36.4 Å². The van der Waals surface area contributed by atoms with Crippen molar-refractivity contribution in [3.05, 3.63) is 58.9 Å². The van der Waals surface area contributed by atoms with E-state index < -0.39 is 23.5 Å². The van der Waals surface area contributed by atoms with Crippen molar-refractivity contribution in [3.8, 4) is 11.5 Å². The second-order valence-corrected chi connectivity index (χ2v) is 6.75. The molecule has 28 heavy (non-hydrogen) atoms. The van der Waals surface area contributed by atoms with Gasteiger partial charge in [-0.1, -0.05) is 6.07 Å². The number of carbonyl (C=O) groups is 1. The Labute approximate surface area is 158 Å². The number of alkyl halides is 3. The molecule has 0 aliphatic carbocycles. The maximum Gasteiger partial charge on any atom is 0.419 e. The normalized spacial score (nSPS) is 19.0. The largest absolute Gasteiger partial charge is 0.486 e. The second-order valence-electron chi connectivity index (χ2n) is 6.75. The lowest BCUT2D eigenvalue weighted by Crippen LogP contribution is -2.31. The van der Waals surface area contributed by atoms with Crippen LogP contribution in [0.25, 0.3) is 0 Å². The van der Waals surface area contributed by atoms with Crippen LogP contribution in [0.3, 0.4) is 0 Å². The predicted octanol–water partition coefficient (Wildman–Crippen LogP) is 4.59. The summed E-state index contributed by atoms with van der Waals surface area (Å²) in [6.07, 6.45) is -3.46. The summed E-state index contributed by atoms with van der Waals surface area (Å²) in [7, 11) is 0. The number of amides is 1. The highest BCUT2D eigenvalue weighted by molar-refractivity contribution is 5.95. The fourth-order valence-corrected chi connectivity index (χ4v) is 3.66. The van der Waals surface area contributed by atoms with E-state index in [1.807, 2.05) is 6.07 Å². The van der Waals surface area contributed by atoms with E-state index in [0.29, 0.717) is 49.8 Å². The van der Waals surface area contributed by atoms with Crippen LogP contribution in [0.2, 0.25) is 0 Å². The van der Waals surface area contributed by atoms with Crippen molar-refractivity contribution in [2.24, 2.45) is 0 Å². The summed E-state index contributed by atoms with van der Waals surface area (Å²) in [5.41, 5.74) is -0.792. The Morgan fingerprint density at radius 1 is 1.04 bits per heavy atom. The van der Waals surface area contributed by atoms with Gasteiger partial charge >= 0.3 is 6.18 Å². The number of likely N-dealkylation sites (tertiary alicyclic amines) is 1. The molecule has 1 atom stereocenters. The summed E-state index contributed by atoms with van der Waals surface area (Å²) in [6, 6.07) is 7.47. The van der Waals surface area contributed by atoms with Gasteiger partial charge in [-0.2, -0.15) is 13.2 Å². The van der Waals surface area contributed by atoms with Crippen LogP contribution in [0, 0.1) is 5.82 Å². The van der Waals surface area contributed by atoms with Gasteiger partial charge < -0.3 is 14.4 Å². The number of ether oxygens (including phenoxy) is 2. The number of carbonyl (C=O) groups excluding carboxylic acids is 1. The summed E-state index contributed by atoms with van der Waals surface area (Å²) >= 11 is 0. The molecule has 2 aliphatic heterocycles. The lowest BCUT2D eigenvalue weighted by Gasteiger charge is -2.27. The highest BCUT2D eigenvalue weighted by Gasteiger charge is 2.36. The minimum atomic E-state index is -4.86. The summed E-state index contributed by atoms with van der Waals surface area (Å²) in [5, 5.41) is 0. The monoisotopic (exact) mass is 395 g/mol. The fraction of sp³-hybridized carbons (Fsp3) is 0.350. The van der Waals surface area contributed by atoms with Crippen LogP contribution in [-0.2, 0) is 6.18 Å². The first kappa shape index (κ1) is 18.6. The van der Waals surface area contributed by atoms with E-state index >= 15 is 0 Å². The zero-order valence-corrected chi connectivity index (χ0v) is 14.8. The third kappa shape index (κ3) is 3.39. The van der Waals surface area contributed by atoms with Crippen LogP contribution in [0.4, 0.5) is 17.6 Å². The Balaban J connectivity index is 1.63. The molecule has 2 aromatic rings. The first-order chi connectivity index (χ1) is 13.3. The lowest BCUT2D eigenvalue weighted by atomic mass is 10.0. The van der Waals surface area contributed by atoms with Crippen molar-refractivity contribution >= 4 is 5.91 Å². The van der Waals surface area contributed by atoms with Gasteiger partial charge in [0.2, 0.25) is 0 Å². The number of hydrogen-bond acceptors (Lipinski definition) is 3. The van der Waals surface area contributed by atoms with Crippen molar-refractivity contribution in [2.75, 3.05) is 19.8 Å². The molecule has 0 radical (unpaired) electrons. The minimum Gasteiger partial charge on any atom is -0.486 e. The van der Waals surface area contributed by atoms with E-state index in [9.17, 15) is 22.4 Å². The maximum atomic E-state index is 13.5. The molecule has 4 rings (SSSR count). The van der Waals surface area contributed by atoms with E-state index in [0.717, 1.165) is 18.1 Å². The molecule has 0 aromatic heterocycles. The summed E-state index contributed by atoms with van der Waals surface area (Å²) in [4.78, 5) is 14.4. The van der Waals surface area contributed by atoms with Crippen LogP contribution < -0.4 is 9.47 Å². The van der Waals surface area contributed by atoms with Gasteiger partial charge in [0.05, 0.1) is 11.6 Å². The average molecular weight is 395 g/mol. The highest BCUT2D eigenvalue weighted by Crippen LogP contribution is 2.39. The van der Waals surface area contributed by atoms with Gasteiger partial charge in [-0.3, -0.25) is 4.79 Å². The highest BCUT2D eigenvalue weighted by atomic mass is 19.4. The van der Waals surface area contributed by atoms with Gasteiger partial charge in [-0.25, -0.2) is 4.39 Å². The van der Waals surface area contributed by atoms with Crippen LogP contribution in [-0.4, -0.2) is 30.6 Å². The maximum absolute atomic E-state index is 13.5. The number of hydrogen-bond donors (Lipinski definition) is 0. The summed E-state index contributed by atoms with van der Waals surface area (Å²) < 4.78 is 63.5. The molecule has 0 N–H and O–H groups in total. The Morgan fingerprint density at radius 2 is 1.79 bits per heavy atom. The Hall–Kier alpha value is -2.77. The third-order valence-electron chi connectivity index (χ3n) is 4.98. The molecule has 0 bridgehead atoms. The zero-order valence-electron chi connectivity index (χ0n) is 14.8. The van der Waals surface area contributed by atoms with Gasteiger partial charge in [0.15, 0.2) is 11.5 Å². The van der Waals surface area contributed by atoms with Crippen molar-refractivity contribution in [2.45, 2.75) is 25.1 Å². The number of nitrogens with zero attached hydrogens (tertiary/aromatic N) is 1. The molecular formula is C20H17F4NO3. The molecule has 1 unspecified atom stereocenters. The van der Waals surface area contributed by atoms with Crippen molar-refractivity contribution < 1.29 is 31.8 Å². The van der Waals surface area contributed by atoms with E-state index in [1.54, 1.807) is 12.1 Å².